The molecular weight excluding hydrogens is 496 g/mol. The van der Waals surface area contributed by atoms with Gasteiger partial charge in [-0.25, -0.2) is 9.59 Å². The number of rotatable bonds is 6. The van der Waals surface area contributed by atoms with E-state index in [4.69, 9.17) is 0 Å². The first-order valence-corrected chi connectivity index (χ1v) is 11.8. The van der Waals surface area contributed by atoms with Crippen molar-refractivity contribution in [3.63, 3.8) is 0 Å². The summed E-state index contributed by atoms with van der Waals surface area (Å²) in [5.41, 5.74) is 1.91. The summed E-state index contributed by atoms with van der Waals surface area (Å²) in [6.07, 6.45) is 0.0934. The van der Waals surface area contributed by atoms with Gasteiger partial charge in [-0.15, -0.1) is 0 Å². The summed E-state index contributed by atoms with van der Waals surface area (Å²) < 4.78 is 0. The standard InChI is InChI=1S/C25H22N6O7/c32-19-7-6-18(21(34)29-19)31-22(35)16-5-4-13(9-17(16)23(31)36)10-26-24(37)28-15-3-1-2-14(8-15)12-30-20(33)11-27-25(30)38/h1-5,8-9,18H,6-7,10-12H2,(H,27,38)(H2,26,28,37)(H,29,32,34). The van der Waals surface area contributed by atoms with Crippen LogP contribution in [0.3, 0.4) is 0 Å². The lowest BCUT2D eigenvalue weighted by atomic mass is 10.0. The summed E-state index contributed by atoms with van der Waals surface area (Å²) in [5.74, 6) is -2.71. The number of anilines is 1. The average molecular weight is 518 g/mol. The molecule has 3 aliphatic heterocycles. The molecule has 13 nitrogen and oxygen atoms in total. The maximum Gasteiger partial charge on any atom is 0.324 e. The summed E-state index contributed by atoms with van der Waals surface area (Å²) in [5, 5.41) is 9.94. The molecule has 2 fully saturated rings. The fourth-order valence-electron chi connectivity index (χ4n) is 4.53. The zero-order chi connectivity index (χ0) is 27.0. The highest BCUT2D eigenvalue weighted by atomic mass is 16.2. The van der Waals surface area contributed by atoms with Gasteiger partial charge in [0.25, 0.3) is 11.8 Å². The maximum absolute atomic E-state index is 13.0. The van der Waals surface area contributed by atoms with E-state index in [0.717, 1.165) is 9.80 Å². The maximum atomic E-state index is 13.0. The molecule has 13 heteroatoms. The number of hydrogen-bond acceptors (Lipinski definition) is 7. The Labute approximate surface area is 215 Å². The van der Waals surface area contributed by atoms with Gasteiger partial charge >= 0.3 is 12.1 Å². The third kappa shape index (κ3) is 4.68. The van der Waals surface area contributed by atoms with E-state index >= 15 is 0 Å². The molecule has 0 radical (unpaired) electrons. The largest absolute Gasteiger partial charge is 0.334 e. The Morgan fingerprint density at radius 2 is 1.74 bits per heavy atom. The van der Waals surface area contributed by atoms with Crippen molar-refractivity contribution < 1.29 is 33.6 Å². The Bertz CT molecular complexity index is 1400. The van der Waals surface area contributed by atoms with Crippen LogP contribution in [0.5, 0.6) is 0 Å². The molecule has 3 aliphatic rings. The second kappa shape index (κ2) is 9.76. The summed E-state index contributed by atoms with van der Waals surface area (Å²) in [6.45, 7) is 0.0667. The molecule has 0 saturated carbocycles. The number of hydrogen-bond donors (Lipinski definition) is 4. The summed E-state index contributed by atoms with van der Waals surface area (Å²) in [4.78, 5) is 87.3. The van der Waals surface area contributed by atoms with Gasteiger partial charge in [-0.2, -0.15) is 0 Å². The van der Waals surface area contributed by atoms with Crippen LogP contribution >= 0.6 is 0 Å². The van der Waals surface area contributed by atoms with Crippen LogP contribution in [0, 0.1) is 0 Å². The Kier molecular flexibility index (Phi) is 6.33. The molecule has 0 bridgehead atoms. The Morgan fingerprint density at radius 3 is 2.47 bits per heavy atom. The minimum atomic E-state index is -1.05. The van der Waals surface area contributed by atoms with Gasteiger partial charge < -0.3 is 16.0 Å². The summed E-state index contributed by atoms with van der Waals surface area (Å²) >= 11 is 0. The minimum absolute atomic E-state index is 0.0305. The van der Waals surface area contributed by atoms with E-state index in [1.54, 1.807) is 30.3 Å². The Morgan fingerprint density at radius 1 is 0.947 bits per heavy atom. The quantitative estimate of drug-likeness (QED) is 0.317. The second-order valence-corrected chi connectivity index (χ2v) is 8.97. The monoisotopic (exact) mass is 518 g/mol. The van der Waals surface area contributed by atoms with Crippen LogP contribution in [-0.4, -0.2) is 64.0 Å². The van der Waals surface area contributed by atoms with Gasteiger partial charge in [0.05, 0.1) is 24.2 Å². The van der Waals surface area contributed by atoms with Crippen molar-refractivity contribution in [3.8, 4) is 0 Å². The van der Waals surface area contributed by atoms with Gasteiger partial charge in [0, 0.05) is 18.7 Å². The fourth-order valence-corrected chi connectivity index (χ4v) is 4.53. The van der Waals surface area contributed by atoms with Gasteiger partial charge in [0.2, 0.25) is 17.7 Å². The number of carbonyl (C=O) groups is 7. The molecule has 0 aliphatic carbocycles. The van der Waals surface area contributed by atoms with Crippen molar-refractivity contribution in [2.75, 3.05) is 11.9 Å². The molecule has 2 aromatic carbocycles. The first kappa shape index (κ1) is 24.6. The van der Waals surface area contributed by atoms with E-state index in [1.165, 1.54) is 12.1 Å². The van der Waals surface area contributed by atoms with Crippen LogP contribution in [0.1, 0.15) is 44.7 Å². The van der Waals surface area contributed by atoms with Crippen molar-refractivity contribution in [2.45, 2.75) is 32.0 Å². The van der Waals surface area contributed by atoms with Crippen LogP contribution in [0.4, 0.5) is 15.3 Å². The van der Waals surface area contributed by atoms with E-state index in [2.05, 4.69) is 21.3 Å². The van der Waals surface area contributed by atoms with Gasteiger partial charge in [0.15, 0.2) is 0 Å². The summed E-state index contributed by atoms with van der Waals surface area (Å²) in [6, 6.07) is 9.18. The van der Waals surface area contributed by atoms with Crippen LogP contribution < -0.4 is 21.3 Å². The molecule has 38 heavy (non-hydrogen) atoms. The zero-order valence-corrected chi connectivity index (χ0v) is 19.9. The smallest absolute Gasteiger partial charge is 0.324 e. The van der Waals surface area contributed by atoms with E-state index in [0.29, 0.717) is 16.8 Å². The number of fused-ring (bicyclic) bond motifs is 1. The molecule has 4 N–H and O–H groups in total. The van der Waals surface area contributed by atoms with Gasteiger partial charge in [-0.3, -0.25) is 39.1 Å². The average Bonchev–Trinajstić information content (AvgIpc) is 3.33. The van der Waals surface area contributed by atoms with Gasteiger partial charge in [-0.1, -0.05) is 18.2 Å². The van der Waals surface area contributed by atoms with Crippen molar-refractivity contribution in [3.05, 3.63) is 64.7 Å². The predicted molar refractivity (Wildman–Crippen MR) is 129 cm³/mol. The normalized spacial score (nSPS) is 18.9. The van der Waals surface area contributed by atoms with Crippen LogP contribution in [0.15, 0.2) is 42.5 Å². The number of carbonyl (C=O) groups excluding carboxylic acids is 7. The molecular formula is C25H22N6O7. The highest BCUT2D eigenvalue weighted by Crippen LogP contribution is 2.28. The molecule has 3 heterocycles. The lowest BCUT2D eigenvalue weighted by Gasteiger charge is -2.27. The number of imide groups is 3. The highest BCUT2D eigenvalue weighted by Gasteiger charge is 2.44. The van der Waals surface area contributed by atoms with E-state index < -0.39 is 41.7 Å². The second-order valence-electron chi connectivity index (χ2n) is 8.97. The third-order valence-electron chi connectivity index (χ3n) is 6.42. The number of piperidine rings is 1. The number of benzene rings is 2. The Balaban J connectivity index is 1.20. The molecule has 0 spiro atoms. The number of urea groups is 2. The molecule has 0 aromatic heterocycles. The predicted octanol–water partition coefficient (Wildman–Crippen LogP) is 0.461. The van der Waals surface area contributed by atoms with E-state index in [-0.39, 0.29) is 49.5 Å². The van der Waals surface area contributed by atoms with Gasteiger partial charge in [-0.05, 0) is 41.8 Å². The first-order chi connectivity index (χ1) is 18.2. The van der Waals surface area contributed by atoms with Crippen LogP contribution in [0.25, 0.3) is 0 Å². The van der Waals surface area contributed by atoms with Crippen LogP contribution in [0.2, 0.25) is 0 Å². The molecule has 1 unspecified atom stereocenters. The number of nitrogens with one attached hydrogen (secondary N) is 4. The van der Waals surface area contributed by atoms with Crippen molar-refractivity contribution in [2.24, 2.45) is 0 Å². The third-order valence-corrected chi connectivity index (χ3v) is 6.42. The van der Waals surface area contributed by atoms with Crippen molar-refractivity contribution in [1.82, 2.24) is 25.8 Å². The SMILES string of the molecule is O=C1CCC(N2C(=O)c3ccc(CNC(=O)Nc4cccc(CN5C(=O)CNC5=O)c4)cc3C2=O)C(=O)N1. The number of nitrogens with zero attached hydrogens (tertiary/aromatic N) is 2. The van der Waals surface area contributed by atoms with E-state index in [1.807, 2.05) is 0 Å². The highest BCUT2D eigenvalue weighted by molar-refractivity contribution is 6.23. The zero-order valence-electron chi connectivity index (χ0n) is 19.9. The topological polar surface area (TPSA) is 174 Å². The van der Waals surface area contributed by atoms with Crippen molar-refractivity contribution in [1.29, 1.82) is 0 Å². The molecule has 194 valence electrons. The fraction of sp³-hybridized carbons (Fsp3) is 0.240. The lowest BCUT2D eigenvalue weighted by Crippen LogP contribution is -2.54. The molecule has 9 amide bonds. The number of amides is 9. The minimum Gasteiger partial charge on any atom is -0.334 e. The van der Waals surface area contributed by atoms with Gasteiger partial charge in [0.1, 0.15) is 6.04 Å². The molecule has 1 atom stereocenters. The summed E-state index contributed by atoms with van der Waals surface area (Å²) in [7, 11) is 0. The molecule has 2 saturated heterocycles. The first-order valence-electron chi connectivity index (χ1n) is 11.8. The molecule has 2 aromatic rings. The van der Waals surface area contributed by atoms with Crippen LogP contribution in [-0.2, 0) is 27.5 Å². The van der Waals surface area contributed by atoms with E-state index in [9.17, 15) is 33.6 Å². The lowest BCUT2D eigenvalue weighted by molar-refractivity contribution is -0.136. The van der Waals surface area contributed by atoms with Crippen molar-refractivity contribution >= 4 is 47.3 Å². The molecule has 5 rings (SSSR count). The Hall–Kier alpha value is -5.07.